The number of nitrogen functional groups attached to an aromatic ring is 1. The van der Waals surface area contributed by atoms with Gasteiger partial charge >= 0.3 is 11.9 Å². The number of esters is 2. The van der Waals surface area contributed by atoms with E-state index in [0.717, 1.165) is 0 Å². The van der Waals surface area contributed by atoms with Gasteiger partial charge in [-0.15, -0.1) is 0 Å². The molecule has 0 atom stereocenters. The van der Waals surface area contributed by atoms with Crippen molar-refractivity contribution in [3.63, 3.8) is 0 Å². The molecule has 0 saturated carbocycles. The average Bonchev–Trinajstić information content (AvgIpc) is 2.29. The van der Waals surface area contributed by atoms with Crippen LogP contribution in [0.15, 0.2) is 12.1 Å². The largest absolute Gasteiger partial charge is 0.460 e. The molecule has 0 spiro atoms. The first-order valence-corrected chi connectivity index (χ1v) is 6.18. The zero-order valence-corrected chi connectivity index (χ0v) is 11.9. The summed E-state index contributed by atoms with van der Waals surface area (Å²) in [4.78, 5) is 23.0. The van der Waals surface area contributed by atoms with E-state index in [-0.39, 0.29) is 27.4 Å². The molecule has 1 aromatic carbocycles. The Hall–Kier alpha value is -1.46. The number of carbonyl (C=O) groups excluding carboxylic acids is 2. The van der Waals surface area contributed by atoms with Crippen LogP contribution in [0, 0.1) is 0 Å². The van der Waals surface area contributed by atoms with Crippen LogP contribution in [-0.4, -0.2) is 24.6 Å². The first-order chi connectivity index (χ1) is 8.81. The summed E-state index contributed by atoms with van der Waals surface area (Å²) in [6.45, 7) is 2.88. The molecular formula is C12H13Cl2NO4. The van der Waals surface area contributed by atoms with Gasteiger partial charge in [-0.3, -0.25) is 0 Å². The van der Waals surface area contributed by atoms with Crippen molar-refractivity contribution >= 4 is 40.8 Å². The second-order valence-corrected chi connectivity index (χ2v) is 4.76. The summed E-state index contributed by atoms with van der Waals surface area (Å²) in [7, 11) is 0. The Morgan fingerprint density at radius 1 is 1.32 bits per heavy atom. The molecule has 0 saturated heterocycles. The highest BCUT2D eigenvalue weighted by Crippen LogP contribution is 2.29. The van der Waals surface area contributed by atoms with Crippen molar-refractivity contribution in [1.82, 2.24) is 0 Å². The maximum Gasteiger partial charge on any atom is 0.344 e. The van der Waals surface area contributed by atoms with Crippen molar-refractivity contribution in [3.05, 3.63) is 27.7 Å². The molecule has 7 heteroatoms. The van der Waals surface area contributed by atoms with Gasteiger partial charge in [-0.25, -0.2) is 9.59 Å². The Bertz CT molecular complexity index is 503. The van der Waals surface area contributed by atoms with Gasteiger partial charge in [0.25, 0.3) is 0 Å². The van der Waals surface area contributed by atoms with Crippen molar-refractivity contribution in [1.29, 1.82) is 0 Å². The second kappa shape index (κ2) is 6.63. The lowest BCUT2D eigenvalue weighted by molar-refractivity contribution is -0.150. The van der Waals surface area contributed by atoms with E-state index in [1.165, 1.54) is 12.1 Å². The third kappa shape index (κ3) is 4.61. The molecule has 0 heterocycles. The van der Waals surface area contributed by atoms with E-state index in [1.54, 1.807) is 13.8 Å². The van der Waals surface area contributed by atoms with Crippen LogP contribution in [0.1, 0.15) is 24.2 Å². The van der Waals surface area contributed by atoms with Gasteiger partial charge in [-0.05, 0) is 26.0 Å². The molecule has 0 aromatic heterocycles. The third-order valence-electron chi connectivity index (χ3n) is 1.96. The Kier molecular flexibility index (Phi) is 5.44. The predicted octanol–water partition coefficient (Wildman–Crippen LogP) is 2.68. The molecule has 0 bridgehead atoms. The Morgan fingerprint density at radius 3 is 2.53 bits per heavy atom. The fourth-order valence-corrected chi connectivity index (χ4v) is 1.67. The number of anilines is 1. The van der Waals surface area contributed by atoms with Crippen LogP contribution in [0.3, 0.4) is 0 Å². The van der Waals surface area contributed by atoms with Gasteiger partial charge in [0.2, 0.25) is 0 Å². The third-order valence-corrected chi connectivity index (χ3v) is 2.76. The maximum absolute atomic E-state index is 11.7. The van der Waals surface area contributed by atoms with Gasteiger partial charge in [-0.1, -0.05) is 23.2 Å². The van der Waals surface area contributed by atoms with E-state index in [4.69, 9.17) is 38.4 Å². The van der Waals surface area contributed by atoms with Crippen LogP contribution in [0.2, 0.25) is 10.0 Å². The van der Waals surface area contributed by atoms with Gasteiger partial charge in [0.05, 0.1) is 21.7 Å². The second-order valence-electron chi connectivity index (χ2n) is 3.98. The molecule has 5 nitrogen and oxygen atoms in total. The van der Waals surface area contributed by atoms with E-state index in [2.05, 4.69) is 0 Å². The molecule has 0 fully saturated rings. The fourth-order valence-electron chi connectivity index (χ4n) is 1.26. The van der Waals surface area contributed by atoms with Crippen LogP contribution < -0.4 is 5.73 Å². The number of carbonyl (C=O) groups is 2. The van der Waals surface area contributed by atoms with Crippen molar-refractivity contribution in [2.75, 3.05) is 12.3 Å². The highest BCUT2D eigenvalue weighted by Gasteiger charge is 2.17. The minimum atomic E-state index is -0.792. The molecule has 0 unspecified atom stereocenters. The highest BCUT2D eigenvalue weighted by molar-refractivity contribution is 6.44. The summed E-state index contributed by atoms with van der Waals surface area (Å²) >= 11 is 11.6. The number of halogens is 2. The molecular weight excluding hydrogens is 293 g/mol. The minimum absolute atomic E-state index is 0.00372. The molecule has 0 amide bonds. The lowest BCUT2D eigenvalue weighted by Crippen LogP contribution is -2.19. The monoisotopic (exact) mass is 305 g/mol. The number of nitrogens with two attached hydrogens (primary N) is 1. The summed E-state index contributed by atoms with van der Waals surface area (Å²) in [5, 5.41) is 0.163. The average molecular weight is 306 g/mol. The molecule has 0 aliphatic carbocycles. The summed E-state index contributed by atoms with van der Waals surface area (Å²) in [5.41, 5.74) is 5.82. The van der Waals surface area contributed by atoms with Crippen LogP contribution in [-0.2, 0) is 14.3 Å². The molecule has 104 valence electrons. The van der Waals surface area contributed by atoms with Crippen molar-refractivity contribution < 1.29 is 19.1 Å². The summed E-state index contributed by atoms with van der Waals surface area (Å²) in [6.07, 6.45) is -0.281. The standard InChI is InChI=1S/C12H13Cl2NO4/c1-6(2)19-10(16)5-18-12(17)8-3-7(15)4-9(13)11(8)14/h3-4,6H,5,15H2,1-2H3. The van der Waals surface area contributed by atoms with Crippen molar-refractivity contribution in [2.45, 2.75) is 20.0 Å². The first kappa shape index (κ1) is 15.6. The van der Waals surface area contributed by atoms with E-state index in [9.17, 15) is 9.59 Å². The van der Waals surface area contributed by atoms with Crippen molar-refractivity contribution in [3.8, 4) is 0 Å². The summed E-state index contributed by atoms with van der Waals surface area (Å²) in [5.74, 6) is -1.44. The topological polar surface area (TPSA) is 78.6 Å². The number of ether oxygens (including phenoxy) is 2. The zero-order valence-electron chi connectivity index (χ0n) is 10.4. The lowest BCUT2D eigenvalue weighted by Gasteiger charge is -2.10. The van der Waals surface area contributed by atoms with Crippen LogP contribution in [0.4, 0.5) is 5.69 Å². The van der Waals surface area contributed by atoms with E-state index < -0.39 is 18.5 Å². The van der Waals surface area contributed by atoms with Crippen LogP contribution in [0.5, 0.6) is 0 Å². The predicted molar refractivity (Wildman–Crippen MR) is 72.4 cm³/mol. The normalized spacial score (nSPS) is 10.4. The molecule has 1 rings (SSSR count). The zero-order chi connectivity index (χ0) is 14.6. The van der Waals surface area contributed by atoms with Crippen LogP contribution in [0.25, 0.3) is 0 Å². The number of rotatable bonds is 4. The van der Waals surface area contributed by atoms with Gasteiger partial charge in [-0.2, -0.15) is 0 Å². The quantitative estimate of drug-likeness (QED) is 0.683. The van der Waals surface area contributed by atoms with Crippen LogP contribution >= 0.6 is 23.2 Å². The molecule has 1 aromatic rings. The highest BCUT2D eigenvalue weighted by atomic mass is 35.5. The minimum Gasteiger partial charge on any atom is -0.460 e. The van der Waals surface area contributed by atoms with Gasteiger partial charge < -0.3 is 15.2 Å². The van der Waals surface area contributed by atoms with E-state index >= 15 is 0 Å². The molecule has 0 radical (unpaired) electrons. The Morgan fingerprint density at radius 2 is 1.95 bits per heavy atom. The van der Waals surface area contributed by atoms with Gasteiger partial charge in [0, 0.05) is 5.69 Å². The number of benzene rings is 1. The van der Waals surface area contributed by atoms with E-state index in [1.807, 2.05) is 0 Å². The summed E-state index contributed by atoms with van der Waals surface area (Å²) < 4.78 is 9.58. The number of hydrogen-bond acceptors (Lipinski definition) is 5. The molecule has 19 heavy (non-hydrogen) atoms. The Labute approximate surface area is 120 Å². The van der Waals surface area contributed by atoms with E-state index in [0.29, 0.717) is 0 Å². The molecule has 0 aliphatic heterocycles. The lowest BCUT2D eigenvalue weighted by atomic mass is 10.2. The fraction of sp³-hybridized carbons (Fsp3) is 0.333. The van der Waals surface area contributed by atoms with Gasteiger partial charge in [0.15, 0.2) is 6.61 Å². The summed E-state index contributed by atoms with van der Waals surface area (Å²) in [6, 6.07) is 2.73. The SMILES string of the molecule is CC(C)OC(=O)COC(=O)c1cc(N)cc(Cl)c1Cl. The maximum atomic E-state index is 11.7. The van der Waals surface area contributed by atoms with Crippen molar-refractivity contribution in [2.24, 2.45) is 0 Å². The first-order valence-electron chi connectivity index (χ1n) is 5.42. The smallest absolute Gasteiger partial charge is 0.344 e. The Balaban J connectivity index is 2.72. The molecule has 2 N–H and O–H groups in total. The van der Waals surface area contributed by atoms with Gasteiger partial charge in [0.1, 0.15) is 0 Å². The number of hydrogen-bond donors (Lipinski definition) is 1. The molecule has 0 aliphatic rings.